The summed E-state index contributed by atoms with van der Waals surface area (Å²) >= 11 is 1.18. The zero-order chi connectivity index (χ0) is 18.6. The maximum atomic E-state index is 12.4. The highest BCUT2D eigenvalue weighted by Crippen LogP contribution is 2.21. The number of carbonyl (C=O) groups excluding carboxylic acids is 1. The summed E-state index contributed by atoms with van der Waals surface area (Å²) in [5.41, 5.74) is 0.424. The second kappa shape index (κ2) is 7.70. The molecular formula is C15H16N4O5S2. The molecule has 1 aromatic heterocycles. The number of nitrogens with one attached hydrogen (secondary N) is 2. The van der Waals surface area contributed by atoms with E-state index in [1.165, 1.54) is 41.9 Å². The molecule has 0 spiro atoms. The average molecular weight is 396 g/mol. The highest BCUT2D eigenvalue weighted by Gasteiger charge is 2.18. The lowest BCUT2D eigenvalue weighted by atomic mass is 10.3. The number of nitrogens with zero attached hydrogens (tertiary/aromatic N) is 2. The third-order valence-corrected chi connectivity index (χ3v) is 5.75. The number of aromatic nitrogens is 2. The predicted molar refractivity (Wildman–Crippen MR) is 95.2 cm³/mol. The largest absolute Gasteiger partial charge is 0.494 e. The van der Waals surface area contributed by atoms with E-state index < -0.39 is 15.9 Å². The van der Waals surface area contributed by atoms with Gasteiger partial charge in [0.25, 0.3) is 15.9 Å². The number of hydrogen-bond acceptors (Lipinski definition) is 8. The molecule has 138 valence electrons. The van der Waals surface area contributed by atoms with E-state index in [1.54, 1.807) is 0 Å². The van der Waals surface area contributed by atoms with Gasteiger partial charge in [-0.15, -0.1) is 10.2 Å². The molecular weight excluding hydrogens is 380 g/mol. The van der Waals surface area contributed by atoms with Crippen LogP contribution in [-0.4, -0.2) is 37.7 Å². The fourth-order valence-corrected chi connectivity index (χ4v) is 3.92. The van der Waals surface area contributed by atoms with Crippen LogP contribution in [0.25, 0.3) is 0 Å². The first kappa shape index (κ1) is 18.1. The van der Waals surface area contributed by atoms with Gasteiger partial charge >= 0.3 is 0 Å². The van der Waals surface area contributed by atoms with Crippen molar-refractivity contribution in [3.63, 3.8) is 0 Å². The lowest BCUT2D eigenvalue weighted by Crippen LogP contribution is -2.21. The Morgan fingerprint density at radius 2 is 2.00 bits per heavy atom. The third kappa shape index (κ3) is 4.29. The van der Waals surface area contributed by atoms with Gasteiger partial charge in [0.1, 0.15) is 24.5 Å². The van der Waals surface area contributed by atoms with Crippen molar-refractivity contribution >= 4 is 38.1 Å². The maximum Gasteiger partial charge on any atom is 0.294 e. The smallest absolute Gasteiger partial charge is 0.294 e. The van der Waals surface area contributed by atoms with Crippen LogP contribution in [0.1, 0.15) is 11.9 Å². The molecule has 0 saturated heterocycles. The van der Waals surface area contributed by atoms with Gasteiger partial charge in [0, 0.05) is 5.69 Å². The second-order valence-electron chi connectivity index (χ2n) is 5.14. The van der Waals surface area contributed by atoms with Gasteiger partial charge < -0.3 is 14.8 Å². The Hall–Kier alpha value is -2.66. The molecule has 0 bridgehead atoms. The number of aryl methyl sites for hydroxylation is 1. The molecule has 3 rings (SSSR count). The molecule has 26 heavy (non-hydrogen) atoms. The Morgan fingerprint density at radius 3 is 2.62 bits per heavy atom. The SMILES string of the molecule is CCc1nnc(NS(=O)(=O)c2ccc(NC(=O)C3=COCCO3)cc2)s1. The van der Waals surface area contributed by atoms with Crippen LogP contribution < -0.4 is 10.0 Å². The summed E-state index contributed by atoms with van der Waals surface area (Å²) in [4.78, 5) is 12.0. The number of anilines is 2. The average Bonchev–Trinajstić information content (AvgIpc) is 3.10. The van der Waals surface area contributed by atoms with Crippen molar-refractivity contribution in [2.75, 3.05) is 23.3 Å². The van der Waals surface area contributed by atoms with Crippen molar-refractivity contribution in [2.45, 2.75) is 18.2 Å². The zero-order valence-corrected chi connectivity index (χ0v) is 15.4. The number of rotatable bonds is 6. The molecule has 0 saturated carbocycles. The molecule has 1 amide bonds. The van der Waals surface area contributed by atoms with Crippen molar-refractivity contribution in [3.05, 3.63) is 41.3 Å². The molecule has 0 fully saturated rings. The molecule has 1 aromatic carbocycles. The Bertz CT molecular complexity index is 922. The van der Waals surface area contributed by atoms with E-state index in [0.717, 1.165) is 5.01 Å². The Kier molecular flexibility index (Phi) is 5.38. The van der Waals surface area contributed by atoms with Crippen molar-refractivity contribution in [2.24, 2.45) is 0 Å². The summed E-state index contributed by atoms with van der Waals surface area (Å²) < 4.78 is 37.3. The third-order valence-electron chi connectivity index (χ3n) is 3.29. The molecule has 9 nitrogen and oxygen atoms in total. The maximum absolute atomic E-state index is 12.4. The van der Waals surface area contributed by atoms with Crippen molar-refractivity contribution in [1.29, 1.82) is 0 Å². The van der Waals surface area contributed by atoms with Crippen molar-refractivity contribution in [1.82, 2.24) is 10.2 Å². The van der Waals surface area contributed by atoms with Crippen LogP contribution in [0.15, 0.2) is 41.2 Å². The lowest BCUT2D eigenvalue weighted by Gasteiger charge is -2.15. The van der Waals surface area contributed by atoms with Gasteiger partial charge in [-0.2, -0.15) is 0 Å². The van der Waals surface area contributed by atoms with Gasteiger partial charge in [0.2, 0.25) is 10.9 Å². The first-order valence-electron chi connectivity index (χ1n) is 7.69. The van der Waals surface area contributed by atoms with Gasteiger partial charge in [-0.1, -0.05) is 18.3 Å². The van der Waals surface area contributed by atoms with E-state index in [9.17, 15) is 13.2 Å². The lowest BCUT2D eigenvalue weighted by molar-refractivity contribution is -0.117. The quantitative estimate of drug-likeness (QED) is 0.763. The number of carbonyl (C=O) groups is 1. The Balaban J connectivity index is 1.68. The van der Waals surface area contributed by atoms with E-state index in [-0.39, 0.29) is 15.8 Å². The summed E-state index contributed by atoms with van der Waals surface area (Å²) in [5, 5.41) is 11.2. The minimum atomic E-state index is -3.78. The van der Waals surface area contributed by atoms with Crippen LogP contribution in [0.4, 0.5) is 10.8 Å². The van der Waals surface area contributed by atoms with Gasteiger partial charge in [-0.25, -0.2) is 8.42 Å². The molecule has 0 unspecified atom stereocenters. The second-order valence-corrected chi connectivity index (χ2v) is 7.88. The van der Waals surface area contributed by atoms with Crippen LogP contribution in [0.2, 0.25) is 0 Å². The molecule has 0 atom stereocenters. The van der Waals surface area contributed by atoms with E-state index in [4.69, 9.17) is 9.47 Å². The van der Waals surface area contributed by atoms with Gasteiger partial charge in [0.15, 0.2) is 0 Å². The molecule has 2 heterocycles. The summed E-state index contributed by atoms with van der Waals surface area (Å²) in [6.07, 6.45) is 1.92. The fourth-order valence-electron chi connectivity index (χ4n) is 2.01. The standard InChI is InChI=1S/C15H16N4O5S2/c1-2-13-17-18-15(25-13)19-26(21,22)11-5-3-10(4-6-11)16-14(20)12-9-23-7-8-24-12/h3-6,9H,2,7-8H2,1H3,(H,16,20)(H,18,19). The first-order chi connectivity index (χ1) is 12.5. The molecule has 2 N–H and O–H groups in total. The van der Waals surface area contributed by atoms with E-state index in [2.05, 4.69) is 20.2 Å². The zero-order valence-electron chi connectivity index (χ0n) is 13.8. The van der Waals surface area contributed by atoms with Crippen LogP contribution in [0, 0.1) is 0 Å². The fraction of sp³-hybridized carbons (Fsp3) is 0.267. The summed E-state index contributed by atoms with van der Waals surface area (Å²) in [6, 6.07) is 5.72. The van der Waals surface area contributed by atoms with Gasteiger partial charge in [-0.3, -0.25) is 9.52 Å². The summed E-state index contributed by atoms with van der Waals surface area (Å²) in [5.74, 6) is -0.406. The topological polar surface area (TPSA) is 120 Å². The van der Waals surface area contributed by atoms with E-state index in [1.807, 2.05) is 6.92 Å². The van der Waals surface area contributed by atoms with Gasteiger partial charge in [0.05, 0.1) is 4.90 Å². The van der Waals surface area contributed by atoms with Crippen molar-refractivity contribution in [3.8, 4) is 0 Å². The highest BCUT2D eigenvalue weighted by molar-refractivity contribution is 7.93. The van der Waals surface area contributed by atoms with Crippen LogP contribution >= 0.6 is 11.3 Å². The summed E-state index contributed by atoms with van der Waals surface area (Å²) in [7, 11) is -3.78. The number of hydrogen-bond donors (Lipinski definition) is 2. The molecule has 0 radical (unpaired) electrons. The number of amides is 1. The molecule has 2 aromatic rings. The molecule has 11 heteroatoms. The van der Waals surface area contributed by atoms with Crippen LogP contribution in [0.3, 0.4) is 0 Å². The minimum absolute atomic E-state index is 0.0419. The predicted octanol–water partition coefficient (Wildman–Crippen LogP) is 1.73. The van der Waals surface area contributed by atoms with Crippen molar-refractivity contribution < 1.29 is 22.7 Å². The number of sulfonamides is 1. The van der Waals surface area contributed by atoms with E-state index >= 15 is 0 Å². The number of ether oxygens (including phenoxy) is 2. The monoisotopic (exact) mass is 396 g/mol. The van der Waals surface area contributed by atoms with Gasteiger partial charge in [-0.05, 0) is 30.7 Å². The minimum Gasteiger partial charge on any atom is -0.494 e. The molecule has 0 aliphatic carbocycles. The summed E-state index contributed by atoms with van der Waals surface area (Å²) in [6.45, 7) is 2.60. The molecule has 1 aliphatic heterocycles. The normalized spacial score (nSPS) is 14.0. The first-order valence-corrected chi connectivity index (χ1v) is 9.99. The molecule has 1 aliphatic rings. The van der Waals surface area contributed by atoms with Crippen LogP contribution in [-0.2, 0) is 30.7 Å². The van der Waals surface area contributed by atoms with E-state index in [0.29, 0.717) is 25.3 Å². The van der Waals surface area contributed by atoms with Crippen LogP contribution in [0.5, 0.6) is 0 Å². The Morgan fingerprint density at radius 1 is 1.23 bits per heavy atom. The highest BCUT2D eigenvalue weighted by atomic mass is 32.2. The Labute approximate surface area is 154 Å². The number of benzene rings is 1.